The molecule has 0 radical (unpaired) electrons. The Morgan fingerprint density at radius 2 is 2.33 bits per heavy atom. The van der Waals surface area contributed by atoms with Gasteiger partial charge in [0, 0.05) is 13.3 Å². The molecule has 1 unspecified atom stereocenters. The fourth-order valence-electron chi connectivity index (χ4n) is 0.0962. The molecule has 0 heterocycles. The molecule has 3 heteroatoms. The molecule has 0 aliphatic rings. The van der Waals surface area contributed by atoms with Crippen molar-refractivity contribution in [1.82, 2.24) is 0 Å². The van der Waals surface area contributed by atoms with Crippen molar-refractivity contribution >= 4 is 9.04 Å². The minimum absolute atomic E-state index is 0.747. The van der Waals surface area contributed by atoms with Gasteiger partial charge in [-0.15, -0.1) is 0 Å². The second-order valence-electron chi connectivity index (χ2n) is 1.28. The molecule has 0 saturated carbocycles. The summed E-state index contributed by atoms with van der Waals surface area (Å²) >= 11 is 0. The van der Waals surface area contributed by atoms with Gasteiger partial charge in [0.15, 0.2) is 9.04 Å². The molecule has 1 atom stereocenters. The van der Waals surface area contributed by atoms with Crippen molar-refractivity contribution < 1.29 is 4.43 Å². The maximum absolute atomic E-state index is 5.22. The molecule has 0 spiro atoms. The van der Waals surface area contributed by atoms with Gasteiger partial charge in [0.1, 0.15) is 0 Å². The third-order valence-corrected chi connectivity index (χ3v) is 2.20. The Hall–Kier alpha value is 0.137. The second-order valence-corrected chi connectivity index (χ2v) is 3.85. The molecule has 0 bridgehead atoms. The van der Waals surface area contributed by atoms with Gasteiger partial charge >= 0.3 is 0 Å². The van der Waals surface area contributed by atoms with Gasteiger partial charge in [0.2, 0.25) is 0 Å². The van der Waals surface area contributed by atoms with Crippen molar-refractivity contribution in [1.29, 1.82) is 0 Å². The first-order valence-corrected chi connectivity index (χ1v) is 4.48. The highest BCUT2D eigenvalue weighted by Crippen LogP contribution is 1.72. The van der Waals surface area contributed by atoms with E-state index >= 15 is 0 Å². The highest BCUT2D eigenvalue weighted by molar-refractivity contribution is 6.50. The summed E-state index contributed by atoms with van der Waals surface area (Å²) in [5, 5.41) is 0. The third kappa shape index (κ3) is 2.38. The Morgan fingerprint density at radius 1 is 1.83 bits per heavy atom. The number of hydrogen-bond donors (Lipinski definition) is 1. The van der Waals surface area contributed by atoms with Crippen molar-refractivity contribution in [3.8, 4) is 0 Å². The standard InChI is InChI=1S/C3H11NOSi/c1-5-6(2)3-4/h6H,3-4H2,1-2H3. The lowest BCUT2D eigenvalue weighted by Crippen LogP contribution is -2.23. The zero-order valence-electron chi connectivity index (χ0n) is 4.27. The number of rotatable bonds is 2. The van der Waals surface area contributed by atoms with Crippen molar-refractivity contribution in [2.24, 2.45) is 5.73 Å². The Balaban J connectivity index is 2.75. The summed E-state index contributed by atoms with van der Waals surface area (Å²) in [5.41, 5.74) is 5.22. The normalized spacial score (nSPS) is 14.5. The predicted molar refractivity (Wildman–Crippen MR) is 29.1 cm³/mol. The Bertz CT molecular complexity index is 30.0. The second kappa shape index (κ2) is 3.33. The first kappa shape index (κ1) is 6.14. The van der Waals surface area contributed by atoms with E-state index in [0.29, 0.717) is 0 Å². The smallest absolute Gasteiger partial charge is 0.186 e. The van der Waals surface area contributed by atoms with Gasteiger partial charge in [-0.3, -0.25) is 0 Å². The maximum Gasteiger partial charge on any atom is 0.186 e. The van der Waals surface area contributed by atoms with Crippen molar-refractivity contribution in [2.75, 3.05) is 13.3 Å². The van der Waals surface area contributed by atoms with Crippen LogP contribution >= 0.6 is 0 Å². The molecule has 0 amide bonds. The van der Waals surface area contributed by atoms with Crippen LogP contribution in [0.25, 0.3) is 0 Å². The molecule has 2 nitrogen and oxygen atoms in total. The van der Waals surface area contributed by atoms with Crippen LogP contribution in [-0.2, 0) is 4.43 Å². The van der Waals surface area contributed by atoms with Crippen LogP contribution in [0.3, 0.4) is 0 Å². The van der Waals surface area contributed by atoms with E-state index in [1.54, 1.807) is 7.11 Å². The highest BCUT2D eigenvalue weighted by atomic mass is 28.3. The third-order valence-electron chi connectivity index (χ3n) is 0.734. The van der Waals surface area contributed by atoms with E-state index in [9.17, 15) is 0 Å². The quantitative estimate of drug-likeness (QED) is 0.480. The average molecular weight is 105 g/mol. The summed E-state index contributed by atoms with van der Waals surface area (Å²) in [6, 6.07) is 0. The van der Waals surface area contributed by atoms with Crippen LogP contribution in [0.4, 0.5) is 0 Å². The van der Waals surface area contributed by atoms with Crippen molar-refractivity contribution in [3.63, 3.8) is 0 Å². The molecule has 38 valence electrons. The van der Waals surface area contributed by atoms with E-state index in [0.717, 1.165) is 6.17 Å². The maximum atomic E-state index is 5.22. The van der Waals surface area contributed by atoms with Gasteiger partial charge in [0.25, 0.3) is 0 Å². The van der Waals surface area contributed by atoms with Crippen LogP contribution in [0.15, 0.2) is 0 Å². The Labute approximate surface area is 40.0 Å². The number of hydrogen-bond acceptors (Lipinski definition) is 2. The van der Waals surface area contributed by atoms with E-state index in [4.69, 9.17) is 10.2 Å². The largest absolute Gasteiger partial charge is 0.422 e. The molecule has 0 aromatic heterocycles. The van der Waals surface area contributed by atoms with Crippen LogP contribution in [0, 0.1) is 0 Å². The monoisotopic (exact) mass is 105 g/mol. The van der Waals surface area contributed by atoms with Gasteiger partial charge in [-0.1, -0.05) is 0 Å². The number of nitrogens with two attached hydrogens (primary N) is 1. The summed E-state index contributed by atoms with van der Waals surface area (Å²) in [7, 11) is 0.829. The van der Waals surface area contributed by atoms with E-state index in [1.165, 1.54) is 0 Å². The molecule has 6 heavy (non-hydrogen) atoms. The van der Waals surface area contributed by atoms with E-state index in [1.807, 2.05) is 0 Å². The molecule has 0 aromatic rings. The van der Waals surface area contributed by atoms with Crippen LogP contribution in [-0.4, -0.2) is 22.3 Å². The topological polar surface area (TPSA) is 35.2 Å². The van der Waals surface area contributed by atoms with Crippen molar-refractivity contribution in [2.45, 2.75) is 6.55 Å². The summed E-state index contributed by atoms with van der Waals surface area (Å²) in [5.74, 6) is 0. The SMILES string of the molecule is CO[SiH](C)CN. The molecule has 0 saturated heterocycles. The minimum atomic E-state index is -0.883. The zero-order chi connectivity index (χ0) is 4.99. The first-order chi connectivity index (χ1) is 2.81. The first-order valence-electron chi connectivity index (χ1n) is 2.04. The summed E-state index contributed by atoms with van der Waals surface area (Å²) in [6.45, 7) is 2.07. The average Bonchev–Trinajstić information content (AvgIpc) is 1.65. The summed E-state index contributed by atoms with van der Waals surface area (Å²) in [6.07, 6.45) is 0.747. The van der Waals surface area contributed by atoms with Gasteiger partial charge < -0.3 is 10.2 Å². The van der Waals surface area contributed by atoms with Gasteiger partial charge in [0.05, 0.1) is 0 Å². The molecular formula is C3H11NOSi. The minimum Gasteiger partial charge on any atom is -0.422 e. The highest BCUT2D eigenvalue weighted by Gasteiger charge is 1.93. The Morgan fingerprint density at radius 3 is 2.33 bits per heavy atom. The van der Waals surface area contributed by atoms with E-state index in [-0.39, 0.29) is 0 Å². The summed E-state index contributed by atoms with van der Waals surface area (Å²) < 4.78 is 4.91. The molecule has 0 aromatic carbocycles. The fraction of sp³-hybridized carbons (Fsp3) is 1.00. The molecule has 0 aliphatic carbocycles. The van der Waals surface area contributed by atoms with E-state index in [2.05, 4.69) is 6.55 Å². The lowest BCUT2D eigenvalue weighted by atomic mass is 11.5. The van der Waals surface area contributed by atoms with Crippen LogP contribution in [0.1, 0.15) is 0 Å². The molecule has 0 rings (SSSR count). The van der Waals surface area contributed by atoms with Gasteiger partial charge in [-0.2, -0.15) is 0 Å². The predicted octanol–water partition coefficient (Wildman–Crippen LogP) is -0.516. The molecule has 0 fully saturated rings. The zero-order valence-corrected chi connectivity index (χ0v) is 5.42. The Kier molecular flexibility index (Phi) is 3.41. The van der Waals surface area contributed by atoms with Crippen LogP contribution in [0.2, 0.25) is 6.55 Å². The molecular weight excluding hydrogens is 94.1 g/mol. The van der Waals surface area contributed by atoms with Crippen molar-refractivity contribution in [3.05, 3.63) is 0 Å². The van der Waals surface area contributed by atoms with Crippen LogP contribution in [0.5, 0.6) is 0 Å². The molecule has 0 aliphatic heterocycles. The van der Waals surface area contributed by atoms with Gasteiger partial charge in [-0.05, 0) is 6.55 Å². The lowest BCUT2D eigenvalue weighted by molar-refractivity contribution is 0.425. The lowest BCUT2D eigenvalue weighted by Gasteiger charge is -1.99. The van der Waals surface area contributed by atoms with Gasteiger partial charge in [-0.25, -0.2) is 0 Å². The summed E-state index contributed by atoms with van der Waals surface area (Å²) in [4.78, 5) is 0. The molecule has 2 N–H and O–H groups in total. The fourth-order valence-corrected chi connectivity index (χ4v) is 0.289. The van der Waals surface area contributed by atoms with Crippen LogP contribution < -0.4 is 5.73 Å². The van der Waals surface area contributed by atoms with E-state index < -0.39 is 9.04 Å².